The lowest BCUT2D eigenvalue weighted by atomic mass is 10.2. The lowest BCUT2D eigenvalue weighted by molar-refractivity contribution is -0.136. The summed E-state index contributed by atoms with van der Waals surface area (Å²) >= 11 is 4.49. The number of ether oxygens (including phenoxy) is 3. The Morgan fingerprint density at radius 2 is 2.00 bits per heavy atom. The molecule has 0 saturated carbocycles. The Kier molecular flexibility index (Phi) is 7.28. The molecule has 26 heavy (non-hydrogen) atoms. The monoisotopic (exact) mass is 446 g/mol. The van der Waals surface area contributed by atoms with Crippen LogP contribution in [0.25, 0.3) is 6.08 Å². The Bertz CT molecular complexity index is 819. The number of ketones is 1. The van der Waals surface area contributed by atoms with Gasteiger partial charge in [0.1, 0.15) is 0 Å². The summed E-state index contributed by atoms with van der Waals surface area (Å²) in [5, 5.41) is 0. The van der Waals surface area contributed by atoms with E-state index in [1.807, 2.05) is 0 Å². The summed E-state index contributed by atoms with van der Waals surface area (Å²) < 4.78 is 39.5. The number of thiophene rings is 1. The predicted octanol–water partition coefficient (Wildman–Crippen LogP) is 4.56. The molecule has 0 fully saturated rings. The maximum Gasteiger partial charge on any atom is 0.387 e. The van der Waals surface area contributed by atoms with E-state index in [-0.39, 0.29) is 23.9 Å². The van der Waals surface area contributed by atoms with E-state index in [0.717, 1.165) is 9.86 Å². The van der Waals surface area contributed by atoms with E-state index >= 15 is 0 Å². The first-order valence-electron chi connectivity index (χ1n) is 7.15. The summed E-state index contributed by atoms with van der Waals surface area (Å²) in [5.74, 6) is -1.03. The van der Waals surface area contributed by atoms with E-state index in [4.69, 9.17) is 9.47 Å². The van der Waals surface area contributed by atoms with Gasteiger partial charge in [-0.05, 0) is 51.8 Å². The molecule has 0 atom stereocenters. The topological polar surface area (TPSA) is 61.8 Å². The number of esters is 1. The van der Waals surface area contributed by atoms with E-state index in [0.29, 0.717) is 10.4 Å². The van der Waals surface area contributed by atoms with Crippen LogP contribution in [0.15, 0.2) is 40.2 Å². The fourth-order valence-electron chi connectivity index (χ4n) is 1.87. The van der Waals surface area contributed by atoms with Crippen molar-refractivity contribution in [2.75, 3.05) is 13.7 Å². The Morgan fingerprint density at radius 1 is 1.23 bits per heavy atom. The largest absolute Gasteiger partial charge is 0.493 e. The second-order valence-electron chi connectivity index (χ2n) is 4.76. The minimum Gasteiger partial charge on any atom is -0.493 e. The first kappa shape index (κ1) is 20.1. The van der Waals surface area contributed by atoms with Crippen molar-refractivity contribution in [2.24, 2.45) is 0 Å². The van der Waals surface area contributed by atoms with Gasteiger partial charge in [-0.15, -0.1) is 11.3 Å². The molecule has 0 aliphatic rings. The summed E-state index contributed by atoms with van der Waals surface area (Å²) in [6, 6.07) is 7.56. The quantitative estimate of drug-likeness (QED) is 0.337. The van der Waals surface area contributed by atoms with Crippen molar-refractivity contribution in [3.05, 3.63) is 50.6 Å². The molecule has 0 bridgehead atoms. The lowest BCUT2D eigenvalue weighted by Crippen LogP contribution is -2.11. The number of rotatable bonds is 8. The first-order chi connectivity index (χ1) is 12.4. The highest BCUT2D eigenvalue weighted by Gasteiger charge is 2.12. The number of hydrogen-bond acceptors (Lipinski definition) is 6. The zero-order valence-corrected chi connectivity index (χ0v) is 15.8. The maximum atomic E-state index is 12.3. The second-order valence-corrected chi connectivity index (χ2v) is 7.22. The molecule has 5 nitrogen and oxygen atoms in total. The van der Waals surface area contributed by atoms with Gasteiger partial charge in [-0.3, -0.25) is 4.79 Å². The number of hydrogen-bond donors (Lipinski definition) is 0. The summed E-state index contributed by atoms with van der Waals surface area (Å²) in [5.41, 5.74) is 0.508. The molecular weight excluding hydrogens is 434 g/mol. The minimum absolute atomic E-state index is 0.0965. The summed E-state index contributed by atoms with van der Waals surface area (Å²) in [4.78, 5) is 24.0. The number of halogens is 3. The number of carbonyl (C=O) groups is 2. The van der Waals surface area contributed by atoms with Crippen molar-refractivity contribution >= 4 is 45.1 Å². The molecule has 2 rings (SSSR count). The van der Waals surface area contributed by atoms with Crippen LogP contribution in [0, 0.1) is 0 Å². The average molecular weight is 447 g/mol. The van der Waals surface area contributed by atoms with Crippen LogP contribution in [0.4, 0.5) is 8.78 Å². The molecular formula is C17H13BrF2O5S. The highest BCUT2D eigenvalue weighted by molar-refractivity contribution is 9.11. The molecule has 0 unspecified atom stereocenters. The first-order valence-corrected chi connectivity index (χ1v) is 8.76. The van der Waals surface area contributed by atoms with Crippen molar-refractivity contribution in [3.63, 3.8) is 0 Å². The summed E-state index contributed by atoms with van der Waals surface area (Å²) in [6.07, 6.45) is 2.53. The van der Waals surface area contributed by atoms with Crippen LogP contribution in [0.1, 0.15) is 15.2 Å². The zero-order chi connectivity index (χ0) is 19.1. The van der Waals surface area contributed by atoms with Crippen molar-refractivity contribution in [3.8, 4) is 11.5 Å². The van der Waals surface area contributed by atoms with Gasteiger partial charge in [0.25, 0.3) is 0 Å². The number of Topliss-reactive ketones (excluding diaryl/α,β-unsaturated/α-hetero) is 1. The van der Waals surface area contributed by atoms with Crippen LogP contribution in [0.5, 0.6) is 11.5 Å². The van der Waals surface area contributed by atoms with E-state index in [1.165, 1.54) is 42.7 Å². The fraction of sp³-hybridized carbons (Fsp3) is 0.176. The maximum absolute atomic E-state index is 12.3. The Morgan fingerprint density at radius 3 is 2.62 bits per heavy atom. The third kappa shape index (κ3) is 5.92. The van der Waals surface area contributed by atoms with Crippen LogP contribution in [-0.2, 0) is 9.53 Å². The molecule has 1 aromatic carbocycles. The van der Waals surface area contributed by atoms with Crippen molar-refractivity contribution < 1.29 is 32.6 Å². The van der Waals surface area contributed by atoms with Gasteiger partial charge in [-0.1, -0.05) is 6.07 Å². The van der Waals surface area contributed by atoms with Crippen molar-refractivity contribution in [2.45, 2.75) is 6.61 Å². The van der Waals surface area contributed by atoms with E-state index < -0.39 is 12.6 Å². The van der Waals surface area contributed by atoms with E-state index in [2.05, 4.69) is 20.7 Å². The summed E-state index contributed by atoms with van der Waals surface area (Å²) in [6.45, 7) is -3.34. The highest BCUT2D eigenvalue weighted by Crippen LogP contribution is 2.29. The SMILES string of the molecule is COc1cc(/C=C/C(=O)OCC(=O)c2ccc(Br)s2)ccc1OC(F)F. The van der Waals surface area contributed by atoms with Crippen molar-refractivity contribution in [1.82, 2.24) is 0 Å². The van der Waals surface area contributed by atoms with Gasteiger partial charge in [0.2, 0.25) is 5.78 Å². The molecule has 0 saturated heterocycles. The molecule has 0 aliphatic carbocycles. The van der Waals surface area contributed by atoms with E-state index in [9.17, 15) is 18.4 Å². The van der Waals surface area contributed by atoms with Crippen molar-refractivity contribution in [1.29, 1.82) is 0 Å². The van der Waals surface area contributed by atoms with Crippen LogP contribution in [0.3, 0.4) is 0 Å². The average Bonchev–Trinajstić information content (AvgIpc) is 3.04. The lowest BCUT2D eigenvalue weighted by Gasteiger charge is -2.10. The molecule has 0 amide bonds. The molecule has 138 valence electrons. The highest BCUT2D eigenvalue weighted by atomic mass is 79.9. The molecule has 0 radical (unpaired) electrons. The van der Waals surface area contributed by atoms with Gasteiger partial charge < -0.3 is 14.2 Å². The molecule has 1 heterocycles. The molecule has 9 heteroatoms. The third-order valence-electron chi connectivity index (χ3n) is 3.01. The van der Waals surface area contributed by atoms with Gasteiger partial charge in [-0.2, -0.15) is 8.78 Å². The minimum atomic E-state index is -2.97. The number of benzene rings is 1. The number of methoxy groups -OCH3 is 1. The van der Waals surface area contributed by atoms with Gasteiger partial charge >= 0.3 is 12.6 Å². The fourth-order valence-corrected chi connectivity index (χ4v) is 3.18. The Labute approximate surface area is 160 Å². The standard InChI is InChI=1S/C17H13BrF2O5S/c1-23-13-8-10(2-4-12(13)25-17(19)20)3-7-16(22)24-9-11(21)14-5-6-15(18)26-14/h2-8,17H,9H2,1H3/b7-3+. The molecule has 0 spiro atoms. The summed E-state index contributed by atoms with van der Waals surface area (Å²) in [7, 11) is 1.31. The second kappa shape index (κ2) is 9.44. The molecule has 2 aromatic rings. The zero-order valence-electron chi connectivity index (χ0n) is 13.4. The smallest absolute Gasteiger partial charge is 0.387 e. The van der Waals surface area contributed by atoms with Crippen LogP contribution in [0.2, 0.25) is 0 Å². The third-order valence-corrected chi connectivity index (χ3v) is 4.67. The Hall–Kier alpha value is -2.26. The Balaban J connectivity index is 1.93. The van der Waals surface area contributed by atoms with Gasteiger partial charge in [0.15, 0.2) is 18.1 Å². The predicted molar refractivity (Wildman–Crippen MR) is 96.0 cm³/mol. The van der Waals surface area contributed by atoms with Crippen LogP contribution in [-0.4, -0.2) is 32.1 Å². The van der Waals surface area contributed by atoms with Crippen LogP contribution < -0.4 is 9.47 Å². The number of carbonyl (C=O) groups excluding carboxylic acids is 2. The van der Waals surface area contributed by atoms with Gasteiger partial charge in [0, 0.05) is 6.08 Å². The number of alkyl halides is 2. The normalized spacial score (nSPS) is 11.0. The van der Waals surface area contributed by atoms with Crippen LogP contribution >= 0.6 is 27.3 Å². The molecule has 0 N–H and O–H groups in total. The molecule has 0 aliphatic heterocycles. The molecule has 1 aromatic heterocycles. The van der Waals surface area contributed by atoms with E-state index in [1.54, 1.807) is 12.1 Å². The van der Waals surface area contributed by atoms with Gasteiger partial charge in [-0.25, -0.2) is 4.79 Å². The van der Waals surface area contributed by atoms with Gasteiger partial charge in [0.05, 0.1) is 15.8 Å².